The van der Waals surface area contributed by atoms with Gasteiger partial charge in [0.2, 0.25) is 0 Å². The largest absolute Gasteiger partial charge is 0.322 e. The summed E-state index contributed by atoms with van der Waals surface area (Å²) in [5.74, 6) is -0.00573. The van der Waals surface area contributed by atoms with E-state index in [1.165, 1.54) is 0 Å². The fourth-order valence-electron chi connectivity index (χ4n) is 1.57. The topological polar surface area (TPSA) is 54.9 Å². The molecule has 0 bridgehead atoms. The predicted octanol–water partition coefficient (Wildman–Crippen LogP) is 3.51. The van der Waals surface area contributed by atoms with E-state index in [9.17, 15) is 4.79 Å². The smallest absolute Gasteiger partial charge is 0.258 e. The van der Waals surface area contributed by atoms with E-state index in [4.69, 9.17) is 11.6 Å². The maximum absolute atomic E-state index is 12.1. The van der Waals surface area contributed by atoms with Gasteiger partial charge in [-0.15, -0.1) is 0 Å². The third kappa shape index (κ3) is 3.29. The highest BCUT2D eigenvalue weighted by Crippen LogP contribution is 2.19. The molecule has 19 heavy (non-hydrogen) atoms. The zero-order valence-electron chi connectivity index (χ0n) is 10.7. The molecule has 0 aliphatic carbocycles. The number of rotatable bonds is 3. The molecule has 0 saturated carbocycles. The van der Waals surface area contributed by atoms with E-state index >= 15 is 0 Å². The van der Waals surface area contributed by atoms with Gasteiger partial charge >= 0.3 is 0 Å². The van der Waals surface area contributed by atoms with Crippen LogP contribution in [0.25, 0.3) is 0 Å². The molecule has 5 heteroatoms. The summed E-state index contributed by atoms with van der Waals surface area (Å²) < 4.78 is 0. The maximum atomic E-state index is 12.1. The van der Waals surface area contributed by atoms with E-state index in [2.05, 4.69) is 15.3 Å². The average Bonchev–Trinajstić information content (AvgIpc) is 2.39. The molecule has 1 amide bonds. The third-order valence-corrected chi connectivity index (χ3v) is 2.93. The van der Waals surface area contributed by atoms with Gasteiger partial charge in [-0.1, -0.05) is 25.4 Å². The molecule has 0 fully saturated rings. The molecule has 0 saturated heterocycles. The fourth-order valence-corrected chi connectivity index (χ4v) is 1.82. The van der Waals surface area contributed by atoms with Gasteiger partial charge in [0.1, 0.15) is 5.15 Å². The molecular weight excluding hydrogens is 262 g/mol. The Balaban J connectivity index is 2.20. The second-order valence-corrected chi connectivity index (χ2v) is 4.78. The Labute approximate surface area is 116 Å². The maximum Gasteiger partial charge on any atom is 0.258 e. The monoisotopic (exact) mass is 275 g/mol. The molecule has 0 aromatic carbocycles. The lowest BCUT2D eigenvalue weighted by atomic mass is 10.1. The number of anilines is 1. The summed E-state index contributed by atoms with van der Waals surface area (Å²) in [4.78, 5) is 20.2. The molecule has 0 unspecified atom stereocenters. The Morgan fingerprint density at radius 3 is 2.47 bits per heavy atom. The minimum atomic E-state index is -0.279. The van der Waals surface area contributed by atoms with Crippen LogP contribution in [0.4, 0.5) is 5.69 Å². The van der Waals surface area contributed by atoms with Gasteiger partial charge in [0.25, 0.3) is 5.91 Å². The number of pyridine rings is 2. The van der Waals surface area contributed by atoms with E-state index in [-0.39, 0.29) is 17.0 Å². The van der Waals surface area contributed by atoms with Gasteiger partial charge in [0.15, 0.2) is 0 Å². The quantitative estimate of drug-likeness (QED) is 0.872. The molecule has 2 aromatic heterocycles. The molecule has 2 rings (SSSR count). The summed E-state index contributed by atoms with van der Waals surface area (Å²) in [6.07, 6.45) is 3.22. The van der Waals surface area contributed by atoms with Crippen molar-refractivity contribution in [3.8, 4) is 0 Å². The van der Waals surface area contributed by atoms with E-state index in [1.807, 2.05) is 19.9 Å². The molecule has 0 radical (unpaired) electrons. The van der Waals surface area contributed by atoms with E-state index in [0.29, 0.717) is 11.3 Å². The molecule has 4 nitrogen and oxygen atoms in total. The molecule has 98 valence electrons. The van der Waals surface area contributed by atoms with Crippen LogP contribution in [-0.2, 0) is 0 Å². The Morgan fingerprint density at radius 2 is 1.89 bits per heavy atom. The highest BCUT2D eigenvalue weighted by molar-refractivity contribution is 6.33. The van der Waals surface area contributed by atoms with E-state index in [0.717, 1.165) is 5.69 Å². The van der Waals surface area contributed by atoms with Crippen molar-refractivity contribution in [3.63, 3.8) is 0 Å². The second-order valence-electron chi connectivity index (χ2n) is 4.42. The molecular formula is C14H14ClN3O. The summed E-state index contributed by atoms with van der Waals surface area (Å²) in [6, 6.07) is 6.93. The normalized spacial score (nSPS) is 10.5. The Hall–Kier alpha value is -1.94. The highest BCUT2D eigenvalue weighted by atomic mass is 35.5. The van der Waals surface area contributed by atoms with Crippen LogP contribution in [0.2, 0.25) is 5.15 Å². The lowest BCUT2D eigenvalue weighted by Crippen LogP contribution is -2.13. The predicted molar refractivity (Wildman–Crippen MR) is 75.5 cm³/mol. The number of nitrogens with one attached hydrogen (secondary N) is 1. The van der Waals surface area contributed by atoms with Crippen molar-refractivity contribution < 1.29 is 4.79 Å². The van der Waals surface area contributed by atoms with Crippen molar-refractivity contribution >= 4 is 23.2 Å². The van der Waals surface area contributed by atoms with Crippen LogP contribution in [0.5, 0.6) is 0 Å². The minimum Gasteiger partial charge on any atom is -0.322 e. The zero-order chi connectivity index (χ0) is 13.8. The zero-order valence-corrected chi connectivity index (χ0v) is 11.5. The molecule has 0 aliphatic heterocycles. The lowest BCUT2D eigenvalue weighted by molar-refractivity contribution is 0.102. The van der Waals surface area contributed by atoms with Gasteiger partial charge in [-0.25, -0.2) is 4.98 Å². The number of carbonyl (C=O) groups is 1. The SMILES string of the molecule is CC(C)c1ccc(C(=O)Nc2ccncc2)c(Cl)n1. The Kier molecular flexibility index (Phi) is 4.12. The first kappa shape index (κ1) is 13.5. The molecule has 1 N–H and O–H groups in total. The summed E-state index contributed by atoms with van der Waals surface area (Å²) >= 11 is 6.05. The standard InChI is InChI=1S/C14H14ClN3O/c1-9(2)12-4-3-11(13(15)18-12)14(19)17-10-5-7-16-8-6-10/h3-9H,1-2H3,(H,16,17,19). The van der Waals surface area contributed by atoms with Gasteiger partial charge in [0.05, 0.1) is 5.56 Å². The van der Waals surface area contributed by atoms with Crippen LogP contribution in [0.3, 0.4) is 0 Å². The van der Waals surface area contributed by atoms with Gasteiger partial charge < -0.3 is 5.32 Å². The molecule has 2 aromatic rings. The summed E-state index contributed by atoms with van der Waals surface area (Å²) in [5, 5.41) is 2.96. The number of halogens is 1. The molecule has 2 heterocycles. The van der Waals surface area contributed by atoms with Crippen molar-refractivity contribution in [2.75, 3.05) is 5.32 Å². The van der Waals surface area contributed by atoms with Crippen molar-refractivity contribution in [2.24, 2.45) is 0 Å². The van der Waals surface area contributed by atoms with Crippen LogP contribution in [-0.4, -0.2) is 15.9 Å². The minimum absolute atomic E-state index is 0.220. The van der Waals surface area contributed by atoms with E-state index < -0.39 is 0 Å². The Bertz CT molecular complexity index is 584. The van der Waals surface area contributed by atoms with Crippen LogP contribution in [0.15, 0.2) is 36.7 Å². The van der Waals surface area contributed by atoms with Crippen LogP contribution < -0.4 is 5.32 Å². The van der Waals surface area contributed by atoms with Crippen LogP contribution in [0.1, 0.15) is 35.8 Å². The molecule has 0 atom stereocenters. The number of amides is 1. The summed E-state index contributed by atoms with van der Waals surface area (Å²) in [6.45, 7) is 4.05. The summed E-state index contributed by atoms with van der Waals surface area (Å²) in [5.41, 5.74) is 1.90. The van der Waals surface area contributed by atoms with Crippen molar-refractivity contribution in [1.82, 2.24) is 9.97 Å². The third-order valence-electron chi connectivity index (χ3n) is 2.64. The highest BCUT2D eigenvalue weighted by Gasteiger charge is 2.13. The van der Waals surface area contributed by atoms with Gasteiger partial charge in [-0.3, -0.25) is 9.78 Å². The number of hydrogen-bond acceptors (Lipinski definition) is 3. The van der Waals surface area contributed by atoms with Crippen molar-refractivity contribution in [2.45, 2.75) is 19.8 Å². The molecule has 0 spiro atoms. The number of aromatic nitrogens is 2. The number of carbonyl (C=O) groups excluding carboxylic acids is 1. The first-order valence-corrected chi connectivity index (χ1v) is 6.33. The van der Waals surface area contributed by atoms with E-state index in [1.54, 1.807) is 30.6 Å². The molecule has 0 aliphatic rings. The second kappa shape index (κ2) is 5.80. The number of nitrogens with zero attached hydrogens (tertiary/aromatic N) is 2. The summed E-state index contributed by atoms with van der Waals surface area (Å²) in [7, 11) is 0. The fraction of sp³-hybridized carbons (Fsp3) is 0.214. The van der Waals surface area contributed by atoms with Crippen molar-refractivity contribution in [3.05, 3.63) is 53.1 Å². The van der Waals surface area contributed by atoms with Gasteiger partial charge in [-0.2, -0.15) is 0 Å². The first-order chi connectivity index (χ1) is 9.08. The van der Waals surface area contributed by atoms with Crippen molar-refractivity contribution in [1.29, 1.82) is 0 Å². The average molecular weight is 276 g/mol. The van der Waals surface area contributed by atoms with Gasteiger partial charge in [-0.05, 0) is 30.2 Å². The lowest BCUT2D eigenvalue weighted by Gasteiger charge is -2.09. The number of hydrogen-bond donors (Lipinski definition) is 1. The van der Waals surface area contributed by atoms with Crippen LogP contribution >= 0.6 is 11.6 Å². The van der Waals surface area contributed by atoms with Crippen LogP contribution in [0, 0.1) is 0 Å². The Morgan fingerprint density at radius 1 is 1.21 bits per heavy atom. The van der Waals surface area contributed by atoms with Gasteiger partial charge in [0, 0.05) is 23.8 Å². The first-order valence-electron chi connectivity index (χ1n) is 5.95.